The molecule has 1 heterocycles. The molecule has 1 N–H and O–H groups in total. The Balaban J connectivity index is 3.01. The molecule has 0 aliphatic heterocycles. The highest BCUT2D eigenvalue weighted by atomic mass is 35.5. The van der Waals surface area contributed by atoms with Crippen molar-refractivity contribution in [2.24, 2.45) is 0 Å². The first kappa shape index (κ1) is 9.05. The maximum Gasteiger partial charge on any atom is 0.129 e. The molecular formula is C9H8ClNO. The summed E-state index contributed by atoms with van der Waals surface area (Å²) in [5.41, 5.74) is 1.58. The predicted molar refractivity (Wildman–Crippen MR) is 47.9 cm³/mol. The summed E-state index contributed by atoms with van der Waals surface area (Å²) in [5, 5.41) is 8.91. The molecule has 1 rings (SSSR count). The quantitative estimate of drug-likeness (QED) is 0.485. The normalized spacial score (nSPS) is 8.92. The Hall–Kier alpha value is -1.04. The van der Waals surface area contributed by atoms with Crippen molar-refractivity contribution in [2.45, 2.75) is 6.92 Å². The summed E-state index contributed by atoms with van der Waals surface area (Å²) in [6.45, 7) is 1.69. The van der Waals surface area contributed by atoms with Crippen molar-refractivity contribution in [3.8, 4) is 11.8 Å². The summed E-state index contributed by atoms with van der Waals surface area (Å²) in [6.07, 6.45) is 0. The smallest absolute Gasteiger partial charge is 0.129 e. The topological polar surface area (TPSA) is 33.1 Å². The van der Waals surface area contributed by atoms with Crippen molar-refractivity contribution < 1.29 is 5.11 Å². The van der Waals surface area contributed by atoms with E-state index in [2.05, 4.69) is 16.8 Å². The van der Waals surface area contributed by atoms with Gasteiger partial charge in [-0.05, 0) is 19.1 Å². The van der Waals surface area contributed by atoms with E-state index >= 15 is 0 Å². The lowest BCUT2D eigenvalue weighted by atomic mass is 10.2. The highest BCUT2D eigenvalue weighted by Crippen LogP contribution is 2.08. The fourth-order valence-corrected chi connectivity index (χ4v) is 0.987. The van der Waals surface area contributed by atoms with E-state index in [4.69, 9.17) is 16.7 Å². The van der Waals surface area contributed by atoms with Gasteiger partial charge in [0.15, 0.2) is 0 Å². The number of aryl methyl sites for hydroxylation is 1. The van der Waals surface area contributed by atoms with Crippen LogP contribution in [0.15, 0.2) is 12.1 Å². The molecule has 0 aliphatic rings. The minimum absolute atomic E-state index is 0.137. The van der Waals surface area contributed by atoms with Crippen LogP contribution in [0.25, 0.3) is 0 Å². The zero-order valence-electron chi connectivity index (χ0n) is 6.63. The van der Waals surface area contributed by atoms with Crippen LogP contribution >= 0.6 is 11.6 Å². The lowest BCUT2D eigenvalue weighted by Crippen LogP contribution is -1.87. The van der Waals surface area contributed by atoms with Gasteiger partial charge in [-0.25, -0.2) is 4.98 Å². The molecule has 3 heteroatoms. The summed E-state index contributed by atoms with van der Waals surface area (Å²) < 4.78 is 0. The monoisotopic (exact) mass is 181 g/mol. The molecule has 1 aromatic heterocycles. The second-order valence-corrected chi connectivity index (χ2v) is 2.61. The largest absolute Gasteiger partial charge is 0.384 e. The molecule has 0 unspecified atom stereocenters. The molecule has 62 valence electrons. The molecule has 0 amide bonds. The van der Waals surface area contributed by atoms with E-state index in [9.17, 15) is 0 Å². The first-order chi connectivity index (χ1) is 5.74. The molecule has 0 aromatic carbocycles. The van der Waals surface area contributed by atoms with E-state index in [0.29, 0.717) is 5.15 Å². The van der Waals surface area contributed by atoms with Gasteiger partial charge in [-0.3, -0.25) is 0 Å². The Morgan fingerprint density at radius 1 is 1.58 bits per heavy atom. The summed E-state index contributed by atoms with van der Waals surface area (Å²) in [7, 11) is 0. The fourth-order valence-electron chi connectivity index (χ4n) is 0.797. The molecule has 0 bridgehead atoms. The molecule has 12 heavy (non-hydrogen) atoms. The fraction of sp³-hybridized carbons (Fsp3) is 0.222. The molecule has 2 nitrogen and oxygen atoms in total. The van der Waals surface area contributed by atoms with E-state index < -0.39 is 0 Å². The van der Waals surface area contributed by atoms with Gasteiger partial charge < -0.3 is 5.11 Å². The molecule has 0 atom stereocenters. The number of hydrogen-bond donors (Lipinski definition) is 1. The third-order valence-corrected chi connectivity index (χ3v) is 1.56. The van der Waals surface area contributed by atoms with Crippen LogP contribution in [0, 0.1) is 18.8 Å². The van der Waals surface area contributed by atoms with Gasteiger partial charge in [0.1, 0.15) is 11.8 Å². The number of aliphatic hydroxyl groups excluding tert-OH is 1. The third kappa shape index (κ3) is 2.23. The number of aromatic nitrogens is 1. The van der Waals surface area contributed by atoms with E-state index in [1.54, 1.807) is 12.1 Å². The van der Waals surface area contributed by atoms with Crippen molar-refractivity contribution in [3.05, 3.63) is 28.5 Å². The van der Waals surface area contributed by atoms with Gasteiger partial charge in [-0.1, -0.05) is 23.4 Å². The van der Waals surface area contributed by atoms with Crippen LogP contribution in [-0.2, 0) is 0 Å². The second kappa shape index (κ2) is 4.10. The molecule has 0 aliphatic carbocycles. The Morgan fingerprint density at radius 2 is 2.33 bits per heavy atom. The molecule has 0 saturated carbocycles. The van der Waals surface area contributed by atoms with Crippen LogP contribution < -0.4 is 0 Å². The molecule has 0 spiro atoms. The van der Waals surface area contributed by atoms with Crippen LogP contribution in [0.5, 0.6) is 0 Å². The van der Waals surface area contributed by atoms with Gasteiger partial charge in [0, 0.05) is 5.56 Å². The second-order valence-electron chi connectivity index (χ2n) is 2.23. The van der Waals surface area contributed by atoms with Gasteiger partial charge in [0.25, 0.3) is 0 Å². The first-order valence-corrected chi connectivity index (χ1v) is 3.84. The minimum Gasteiger partial charge on any atom is -0.384 e. The maximum atomic E-state index is 8.45. The zero-order chi connectivity index (χ0) is 8.97. The number of pyridine rings is 1. The Kier molecular flexibility index (Phi) is 3.09. The van der Waals surface area contributed by atoms with E-state index in [-0.39, 0.29) is 6.61 Å². The number of nitrogens with zero attached hydrogens (tertiary/aromatic N) is 1. The van der Waals surface area contributed by atoms with E-state index in [0.717, 1.165) is 11.3 Å². The molecule has 0 saturated heterocycles. The molecule has 0 fully saturated rings. The van der Waals surface area contributed by atoms with Crippen molar-refractivity contribution in [2.75, 3.05) is 6.61 Å². The van der Waals surface area contributed by atoms with Gasteiger partial charge in [0.2, 0.25) is 0 Å². The zero-order valence-corrected chi connectivity index (χ0v) is 7.39. The van der Waals surface area contributed by atoms with Gasteiger partial charge in [-0.2, -0.15) is 0 Å². The van der Waals surface area contributed by atoms with Gasteiger partial charge in [0.05, 0.1) is 5.69 Å². The average molecular weight is 182 g/mol. The van der Waals surface area contributed by atoms with Crippen molar-refractivity contribution in [3.63, 3.8) is 0 Å². The Bertz CT molecular complexity index is 338. The Labute approximate surface area is 76.2 Å². The Morgan fingerprint density at radius 3 is 2.92 bits per heavy atom. The number of hydrogen-bond acceptors (Lipinski definition) is 2. The maximum absolute atomic E-state index is 8.45. The minimum atomic E-state index is -0.137. The number of halogens is 1. The van der Waals surface area contributed by atoms with Crippen molar-refractivity contribution >= 4 is 11.6 Å². The summed E-state index contributed by atoms with van der Waals surface area (Å²) in [6, 6.07) is 3.46. The van der Waals surface area contributed by atoms with Gasteiger partial charge >= 0.3 is 0 Å². The molecule has 0 radical (unpaired) electrons. The van der Waals surface area contributed by atoms with Crippen LogP contribution in [0.2, 0.25) is 5.15 Å². The third-order valence-electron chi connectivity index (χ3n) is 1.35. The molecule has 1 aromatic rings. The van der Waals surface area contributed by atoms with Crippen molar-refractivity contribution in [1.29, 1.82) is 0 Å². The number of rotatable bonds is 0. The highest BCUT2D eigenvalue weighted by molar-refractivity contribution is 6.29. The van der Waals surface area contributed by atoms with Gasteiger partial charge in [-0.15, -0.1) is 0 Å². The first-order valence-electron chi connectivity index (χ1n) is 3.47. The molecular weight excluding hydrogens is 174 g/mol. The predicted octanol–water partition coefficient (Wildman–Crippen LogP) is 1.39. The van der Waals surface area contributed by atoms with Crippen LogP contribution in [0.4, 0.5) is 0 Å². The standard InChI is InChI=1S/C9H8ClNO/c1-7-8(3-2-6-12)4-5-9(10)11-7/h4-5,12H,6H2,1H3. The van der Waals surface area contributed by atoms with Crippen LogP contribution in [0.3, 0.4) is 0 Å². The SMILES string of the molecule is Cc1nc(Cl)ccc1C#CCO. The lowest BCUT2D eigenvalue weighted by molar-refractivity contribution is 0.350. The average Bonchev–Trinajstić information content (AvgIpc) is 2.03. The van der Waals surface area contributed by atoms with Crippen LogP contribution in [0.1, 0.15) is 11.3 Å². The van der Waals surface area contributed by atoms with E-state index in [1.165, 1.54) is 0 Å². The summed E-state index contributed by atoms with van der Waals surface area (Å²) in [5.74, 6) is 5.32. The lowest BCUT2D eigenvalue weighted by Gasteiger charge is -1.96. The number of aliphatic hydroxyl groups is 1. The summed E-state index contributed by atoms with van der Waals surface area (Å²) >= 11 is 5.64. The summed E-state index contributed by atoms with van der Waals surface area (Å²) in [4.78, 5) is 4.01. The van der Waals surface area contributed by atoms with E-state index in [1.807, 2.05) is 6.92 Å². The van der Waals surface area contributed by atoms with Crippen LogP contribution in [-0.4, -0.2) is 16.7 Å². The van der Waals surface area contributed by atoms with Crippen molar-refractivity contribution in [1.82, 2.24) is 4.98 Å². The highest BCUT2D eigenvalue weighted by Gasteiger charge is 1.95.